The van der Waals surface area contributed by atoms with Gasteiger partial charge in [-0.05, 0) is 36.2 Å². The highest BCUT2D eigenvalue weighted by Crippen LogP contribution is 2.23. The van der Waals surface area contributed by atoms with Crippen LogP contribution in [0.25, 0.3) is 0 Å². The summed E-state index contributed by atoms with van der Waals surface area (Å²) < 4.78 is 10.3. The lowest BCUT2D eigenvalue weighted by Crippen LogP contribution is -2.33. The standard InChI is InChI=1S/C19H29ClN4OS/c1-14(2)10-23(11-15(3)4)13-24-19(26)22(5)18(21-24)12-25-17-9-7-6-8-16(17)20/h6-9,14-15H,10-13H2,1-5H3. The van der Waals surface area contributed by atoms with Crippen LogP contribution in [0.5, 0.6) is 5.75 Å². The van der Waals surface area contributed by atoms with Crippen molar-refractivity contribution in [3.63, 3.8) is 0 Å². The number of para-hydroxylation sites is 1. The maximum absolute atomic E-state index is 6.15. The molecular formula is C19H29ClN4OS. The molecule has 0 spiro atoms. The molecule has 26 heavy (non-hydrogen) atoms. The highest BCUT2D eigenvalue weighted by molar-refractivity contribution is 7.71. The van der Waals surface area contributed by atoms with Gasteiger partial charge in [0, 0.05) is 20.1 Å². The molecule has 0 aliphatic rings. The van der Waals surface area contributed by atoms with Crippen LogP contribution in [0.4, 0.5) is 0 Å². The van der Waals surface area contributed by atoms with Gasteiger partial charge in [0.05, 0.1) is 11.7 Å². The summed E-state index contributed by atoms with van der Waals surface area (Å²) in [5, 5.41) is 5.27. The number of aromatic nitrogens is 3. The van der Waals surface area contributed by atoms with Crippen LogP contribution in [0, 0.1) is 16.6 Å². The van der Waals surface area contributed by atoms with Crippen molar-refractivity contribution in [3.8, 4) is 5.75 Å². The van der Waals surface area contributed by atoms with Crippen molar-refractivity contribution in [1.82, 2.24) is 19.2 Å². The Morgan fingerprint density at radius 1 is 1.15 bits per heavy atom. The van der Waals surface area contributed by atoms with Gasteiger partial charge >= 0.3 is 0 Å². The molecule has 0 saturated heterocycles. The van der Waals surface area contributed by atoms with E-state index in [1.807, 2.05) is 40.6 Å². The summed E-state index contributed by atoms with van der Waals surface area (Å²) >= 11 is 11.7. The summed E-state index contributed by atoms with van der Waals surface area (Å²) in [5.74, 6) is 2.61. The normalized spacial score (nSPS) is 11.7. The first-order valence-corrected chi connectivity index (χ1v) is 9.79. The number of nitrogens with zero attached hydrogens (tertiary/aromatic N) is 4. The van der Waals surface area contributed by atoms with Crippen molar-refractivity contribution in [1.29, 1.82) is 0 Å². The van der Waals surface area contributed by atoms with E-state index in [1.54, 1.807) is 0 Å². The molecule has 2 rings (SSSR count). The van der Waals surface area contributed by atoms with Crippen LogP contribution in [0.2, 0.25) is 5.02 Å². The molecule has 0 N–H and O–H groups in total. The van der Waals surface area contributed by atoms with E-state index in [4.69, 9.17) is 28.6 Å². The van der Waals surface area contributed by atoms with Gasteiger partial charge in [0.1, 0.15) is 12.4 Å². The predicted molar refractivity (Wildman–Crippen MR) is 109 cm³/mol. The van der Waals surface area contributed by atoms with Crippen LogP contribution in [0.15, 0.2) is 24.3 Å². The van der Waals surface area contributed by atoms with Crippen molar-refractivity contribution in [2.45, 2.75) is 41.0 Å². The fourth-order valence-corrected chi connectivity index (χ4v) is 3.26. The highest BCUT2D eigenvalue weighted by Gasteiger charge is 2.14. The first kappa shape index (κ1) is 20.9. The van der Waals surface area contributed by atoms with E-state index in [-0.39, 0.29) is 0 Å². The average Bonchev–Trinajstić information content (AvgIpc) is 2.81. The molecule has 144 valence electrons. The minimum absolute atomic E-state index is 0.325. The topological polar surface area (TPSA) is 35.2 Å². The van der Waals surface area contributed by atoms with Crippen molar-refractivity contribution < 1.29 is 4.74 Å². The van der Waals surface area contributed by atoms with Gasteiger partial charge in [-0.1, -0.05) is 51.4 Å². The SMILES string of the molecule is CC(C)CN(CC(C)C)Cn1nc(COc2ccccc2Cl)n(C)c1=S. The second-order valence-electron chi connectivity index (χ2n) is 7.44. The van der Waals surface area contributed by atoms with E-state index in [0.717, 1.165) is 18.9 Å². The summed E-state index contributed by atoms with van der Waals surface area (Å²) in [7, 11) is 1.92. The van der Waals surface area contributed by atoms with E-state index in [1.165, 1.54) is 0 Å². The predicted octanol–water partition coefficient (Wildman–Crippen LogP) is 4.75. The molecule has 0 radical (unpaired) electrons. The Kier molecular flexibility index (Phi) is 7.68. The van der Waals surface area contributed by atoms with E-state index < -0.39 is 0 Å². The lowest BCUT2D eigenvalue weighted by atomic mass is 10.1. The quantitative estimate of drug-likeness (QED) is 0.572. The minimum Gasteiger partial charge on any atom is -0.484 e. The summed E-state index contributed by atoms with van der Waals surface area (Å²) in [6.07, 6.45) is 0. The number of ether oxygens (including phenoxy) is 1. The van der Waals surface area contributed by atoms with Crippen LogP contribution in [0.3, 0.4) is 0 Å². The van der Waals surface area contributed by atoms with Crippen molar-refractivity contribution in [2.75, 3.05) is 13.1 Å². The maximum Gasteiger partial charge on any atom is 0.198 e. The Hall–Kier alpha value is -1.37. The van der Waals surface area contributed by atoms with Gasteiger partial charge in [-0.3, -0.25) is 4.90 Å². The number of hydrogen-bond acceptors (Lipinski definition) is 4. The van der Waals surface area contributed by atoms with Crippen LogP contribution in [0.1, 0.15) is 33.5 Å². The van der Waals surface area contributed by atoms with Gasteiger partial charge in [0.2, 0.25) is 0 Å². The first-order valence-electron chi connectivity index (χ1n) is 9.00. The van der Waals surface area contributed by atoms with Gasteiger partial charge in [-0.2, -0.15) is 5.10 Å². The fraction of sp³-hybridized carbons (Fsp3) is 0.579. The summed E-state index contributed by atoms with van der Waals surface area (Å²) in [6, 6.07) is 7.43. The third kappa shape index (κ3) is 5.83. The zero-order valence-electron chi connectivity index (χ0n) is 16.3. The lowest BCUT2D eigenvalue weighted by Gasteiger charge is -2.25. The smallest absolute Gasteiger partial charge is 0.198 e. The molecule has 0 fully saturated rings. The molecule has 0 atom stereocenters. The number of halogens is 1. The molecule has 5 nitrogen and oxygen atoms in total. The number of benzene rings is 1. The largest absolute Gasteiger partial charge is 0.484 e. The molecule has 1 aromatic heterocycles. The molecular weight excluding hydrogens is 368 g/mol. The first-order chi connectivity index (χ1) is 12.3. The molecule has 0 saturated carbocycles. The Morgan fingerprint density at radius 3 is 2.35 bits per heavy atom. The van der Waals surface area contributed by atoms with Gasteiger partial charge in [0.25, 0.3) is 0 Å². The third-order valence-corrected chi connectivity index (χ3v) is 4.70. The van der Waals surface area contributed by atoms with Crippen molar-refractivity contribution in [2.24, 2.45) is 18.9 Å². The second kappa shape index (κ2) is 9.53. The van der Waals surface area contributed by atoms with E-state index in [2.05, 4.69) is 37.7 Å². The van der Waals surface area contributed by atoms with Crippen LogP contribution >= 0.6 is 23.8 Å². The molecule has 7 heteroatoms. The second-order valence-corrected chi connectivity index (χ2v) is 8.21. The summed E-state index contributed by atoms with van der Waals surface area (Å²) in [4.78, 5) is 2.40. The Morgan fingerprint density at radius 2 is 1.77 bits per heavy atom. The van der Waals surface area contributed by atoms with Crippen LogP contribution < -0.4 is 4.74 Å². The summed E-state index contributed by atoms with van der Waals surface area (Å²) in [6.45, 7) is 12.0. The minimum atomic E-state index is 0.325. The van der Waals surface area contributed by atoms with Gasteiger partial charge in [-0.25, -0.2) is 4.68 Å². The fourth-order valence-electron chi connectivity index (χ4n) is 2.87. The Balaban J connectivity index is 2.12. The average molecular weight is 397 g/mol. The summed E-state index contributed by atoms with van der Waals surface area (Å²) in [5.41, 5.74) is 0. The molecule has 1 aromatic carbocycles. The van der Waals surface area contributed by atoms with Gasteiger partial charge in [-0.15, -0.1) is 0 Å². The van der Waals surface area contributed by atoms with E-state index in [9.17, 15) is 0 Å². The number of rotatable bonds is 9. The molecule has 0 bridgehead atoms. The molecule has 1 heterocycles. The monoisotopic (exact) mass is 396 g/mol. The maximum atomic E-state index is 6.15. The molecule has 2 aromatic rings. The Labute approximate surface area is 166 Å². The Bertz CT molecular complexity index is 759. The molecule has 0 aliphatic carbocycles. The van der Waals surface area contributed by atoms with Gasteiger partial charge < -0.3 is 9.30 Å². The van der Waals surface area contributed by atoms with E-state index in [0.29, 0.717) is 40.7 Å². The molecule has 0 amide bonds. The highest BCUT2D eigenvalue weighted by atomic mass is 35.5. The van der Waals surface area contributed by atoms with Crippen LogP contribution in [-0.4, -0.2) is 32.3 Å². The van der Waals surface area contributed by atoms with Gasteiger partial charge in [0.15, 0.2) is 10.6 Å². The third-order valence-electron chi connectivity index (χ3n) is 3.91. The van der Waals surface area contributed by atoms with Crippen molar-refractivity contribution >= 4 is 23.8 Å². The number of hydrogen-bond donors (Lipinski definition) is 0. The lowest BCUT2D eigenvalue weighted by molar-refractivity contribution is 0.164. The van der Waals surface area contributed by atoms with Crippen molar-refractivity contribution in [3.05, 3.63) is 39.9 Å². The zero-order chi connectivity index (χ0) is 19.3. The van der Waals surface area contributed by atoms with E-state index >= 15 is 0 Å². The molecule has 0 unspecified atom stereocenters. The zero-order valence-corrected chi connectivity index (χ0v) is 17.8. The molecule has 0 aliphatic heterocycles. The van der Waals surface area contributed by atoms with Crippen LogP contribution in [-0.2, 0) is 20.3 Å².